The summed E-state index contributed by atoms with van der Waals surface area (Å²) in [5.41, 5.74) is 1.97. The molecule has 2 N–H and O–H groups in total. The average Bonchev–Trinajstić information content (AvgIpc) is 2.99. The minimum absolute atomic E-state index is 0.0249. The van der Waals surface area contributed by atoms with E-state index in [1.54, 1.807) is 4.90 Å². The van der Waals surface area contributed by atoms with Gasteiger partial charge in [-0.25, -0.2) is 0 Å². The molecule has 1 aromatic rings. The fraction of sp³-hybridized carbons (Fsp3) is 0.500. The van der Waals surface area contributed by atoms with Crippen LogP contribution in [0, 0.1) is 5.92 Å². The first-order valence-corrected chi connectivity index (χ1v) is 8.56. The number of amides is 3. The number of carbonyl (C=O) groups excluding carboxylic acids is 3. The van der Waals surface area contributed by atoms with Crippen LogP contribution in [0.1, 0.15) is 31.7 Å². The standard InChI is InChI=1S/C18H23N3O3/c1-2-21(15-9-10-19-18(15)24)16(22)8-7-13-11-12-5-3-4-6-14(12)20-17(13)23/h3-6,13,15H,2,7-11H2,1H3,(H,19,24)(H,20,23)/t13-,15-/m1/s1. The van der Waals surface area contributed by atoms with Crippen molar-refractivity contribution in [2.45, 2.75) is 38.6 Å². The third-order valence-electron chi connectivity index (χ3n) is 4.88. The molecule has 6 heteroatoms. The topological polar surface area (TPSA) is 78.5 Å². The van der Waals surface area contributed by atoms with Crippen LogP contribution in [-0.2, 0) is 20.8 Å². The molecule has 0 saturated carbocycles. The van der Waals surface area contributed by atoms with E-state index in [-0.39, 0.29) is 36.1 Å². The van der Waals surface area contributed by atoms with Gasteiger partial charge in [-0.3, -0.25) is 14.4 Å². The minimum Gasteiger partial charge on any atom is -0.354 e. The molecule has 2 heterocycles. The molecule has 3 amide bonds. The summed E-state index contributed by atoms with van der Waals surface area (Å²) in [6.07, 6.45) is 2.11. The predicted octanol–water partition coefficient (Wildman–Crippen LogP) is 1.31. The number of hydrogen-bond acceptors (Lipinski definition) is 3. The SMILES string of the molecule is CCN(C(=O)CC[C@@H]1Cc2ccccc2NC1=O)[C@@H]1CCNC1=O. The van der Waals surface area contributed by atoms with Crippen LogP contribution in [0.15, 0.2) is 24.3 Å². The van der Waals surface area contributed by atoms with Crippen molar-refractivity contribution >= 4 is 23.4 Å². The van der Waals surface area contributed by atoms with Crippen LogP contribution in [-0.4, -0.2) is 41.8 Å². The van der Waals surface area contributed by atoms with Crippen molar-refractivity contribution in [3.63, 3.8) is 0 Å². The smallest absolute Gasteiger partial charge is 0.242 e. The van der Waals surface area contributed by atoms with E-state index in [1.165, 1.54) is 0 Å². The van der Waals surface area contributed by atoms with E-state index in [9.17, 15) is 14.4 Å². The molecule has 128 valence electrons. The van der Waals surface area contributed by atoms with Crippen LogP contribution >= 0.6 is 0 Å². The number of hydrogen-bond donors (Lipinski definition) is 2. The molecule has 0 unspecified atom stereocenters. The van der Waals surface area contributed by atoms with Crippen LogP contribution in [0.3, 0.4) is 0 Å². The van der Waals surface area contributed by atoms with Gasteiger partial charge in [0.25, 0.3) is 0 Å². The van der Waals surface area contributed by atoms with Crippen LogP contribution < -0.4 is 10.6 Å². The maximum Gasteiger partial charge on any atom is 0.242 e. The van der Waals surface area contributed by atoms with Crippen molar-refractivity contribution in [3.05, 3.63) is 29.8 Å². The Labute approximate surface area is 141 Å². The molecule has 3 rings (SSSR count). The number of nitrogens with one attached hydrogen (secondary N) is 2. The summed E-state index contributed by atoms with van der Waals surface area (Å²) in [6.45, 7) is 3.01. The van der Waals surface area contributed by atoms with Crippen LogP contribution in [0.25, 0.3) is 0 Å². The Kier molecular flexibility index (Phi) is 4.83. The van der Waals surface area contributed by atoms with Gasteiger partial charge < -0.3 is 15.5 Å². The monoisotopic (exact) mass is 329 g/mol. The van der Waals surface area contributed by atoms with Gasteiger partial charge in [-0.05, 0) is 37.8 Å². The molecule has 0 aromatic heterocycles. The second kappa shape index (κ2) is 7.03. The minimum atomic E-state index is -0.358. The number of anilines is 1. The summed E-state index contributed by atoms with van der Waals surface area (Å²) < 4.78 is 0. The van der Waals surface area contributed by atoms with Gasteiger partial charge >= 0.3 is 0 Å². The number of fused-ring (bicyclic) bond motifs is 1. The number of rotatable bonds is 5. The van der Waals surface area contributed by atoms with Gasteiger partial charge in [0.15, 0.2) is 0 Å². The molecule has 1 fully saturated rings. The van der Waals surface area contributed by atoms with Crippen LogP contribution in [0.5, 0.6) is 0 Å². The lowest BCUT2D eigenvalue weighted by Gasteiger charge is -2.28. The third-order valence-corrected chi connectivity index (χ3v) is 4.88. The number of benzene rings is 1. The molecule has 0 aliphatic carbocycles. The van der Waals surface area contributed by atoms with E-state index in [0.29, 0.717) is 32.4 Å². The highest BCUT2D eigenvalue weighted by Gasteiger charge is 2.33. The van der Waals surface area contributed by atoms with Crippen molar-refractivity contribution < 1.29 is 14.4 Å². The molecule has 1 saturated heterocycles. The summed E-state index contributed by atoms with van der Waals surface area (Å²) in [7, 11) is 0. The lowest BCUT2D eigenvalue weighted by atomic mass is 9.89. The molecule has 2 aliphatic rings. The van der Waals surface area contributed by atoms with E-state index < -0.39 is 0 Å². The molecule has 2 aliphatic heterocycles. The fourth-order valence-corrected chi connectivity index (χ4v) is 3.54. The fourth-order valence-electron chi connectivity index (χ4n) is 3.54. The van der Waals surface area contributed by atoms with Gasteiger partial charge in [0.1, 0.15) is 6.04 Å². The number of nitrogens with zero attached hydrogens (tertiary/aromatic N) is 1. The van der Waals surface area contributed by atoms with Gasteiger partial charge in [0.2, 0.25) is 17.7 Å². The Morgan fingerprint density at radius 2 is 2.04 bits per heavy atom. The zero-order valence-electron chi connectivity index (χ0n) is 13.9. The predicted molar refractivity (Wildman–Crippen MR) is 90.3 cm³/mol. The van der Waals surface area contributed by atoms with Gasteiger partial charge in [0, 0.05) is 31.1 Å². The average molecular weight is 329 g/mol. The first-order valence-electron chi connectivity index (χ1n) is 8.56. The first kappa shape index (κ1) is 16.5. The van der Waals surface area contributed by atoms with E-state index in [4.69, 9.17) is 0 Å². The van der Waals surface area contributed by atoms with E-state index in [1.807, 2.05) is 31.2 Å². The largest absolute Gasteiger partial charge is 0.354 e. The quantitative estimate of drug-likeness (QED) is 0.855. The third kappa shape index (κ3) is 3.27. The molecule has 0 spiro atoms. The van der Waals surface area contributed by atoms with Crippen molar-refractivity contribution in [3.8, 4) is 0 Å². The zero-order valence-corrected chi connectivity index (χ0v) is 13.9. The molecular weight excluding hydrogens is 306 g/mol. The zero-order chi connectivity index (χ0) is 17.1. The van der Waals surface area contributed by atoms with Crippen LogP contribution in [0.4, 0.5) is 5.69 Å². The Hall–Kier alpha value is -2.37. The first-order chi connectivity index (χ1) is 11.6. The molecule has 1 aromatic carbocycles. The molecule has 6 nitrogen and oxygen atoms in total. The summed E-state index contributed by atoms with van der Waals surface area (Å²) in [5, 5.41) is 5.68. The summed E-state index contributed by atoms with van der Waals surface area (Å²) >= 11 is 0. The molecule has 2 atom stereocenters. The van der Waals surface area contributed by atoms with Gasteiger partial charge in [-0.1, -0.05) is 18.2 Å². The number of likely N-dealkylation sites (N-methyl/N-ethyl adjacent to an activating group) is 1. The maximum atomic E-state index is 12.5. The van der Waals surface area contributed by atoms with Gasteiger partial charge in [-0.2, -0.15) is 0 Å². The maximum absolute atomic E-state index is 12.5. The Morgan fingerprint density at radius 3 is 2.75 bits per heavy atom. The summed E-state index contributed by atoms with van der Waals surface area (Å²) in [5.74, 6) is -0.344. The Balaban J connectivity index is 1.60. The van der Waals surface area contributed by atoms with Crippen molar-refractivity contribution in [2.24, 2.45) is 5.92 Å². The molecular formula is C18H23N3O3. The lowest BCUT2D eigenvalue weighted by molar-refractivity contribution is -0.139. The number of para-hydroxylation sites is 1. The van der Waals surface area contributed by atoms with Gasteiger partial charge in [0.05, 0.1) is 0 Å². The van der Waals surface area contributed by atoms with E-state index >= 15 is 0 Å². The highest BCUT2D eigenvalue weighted by Crippen LogP contribution is 2.27. The van der Waals surface area contributed by atoms with E-state index in [0.717, 1.165) is 11.3 Å². The number of carbonyl (C=O) groups is 3. The highest BCUT2D eigenvalue weighted by molar-refractivity contribution is 5.96. The van der Waals surface area contributed by atoms with Crippen molar-refractivity contribution in [1.29, 1.82) is 0 Å². The molecule has 0 bridgehead atoms. The second-order valence-corrected chi connectivity index (χ2v) is 6.36. The van der Waals surface area contributed by atoms with E-state index in [2.05, 4.69) is 10.6 Å². The van der Waals surface area contributed by atoms with Gasteiger partial charge in [-0.15, -0.1) is 0 Å². The van der Waals surface area contributed by atoms with Crippen molar-refractivity contribution in [1.82, 2.24) is 10.2 Å². The highest BCUT2D eigenvalue weighted by atomic mass is 16.2. The normalized spacial score (nSPS) is 22.5. The second-order valence-electron chi connectivity index (χ2n) is 6.36. The lowest BCUT2D eigenvalue weighted by Crippen LogP contribution is -2.44. The molecule has 24 heavy (non-hydrogen) atoms. The molecule has 0 radical (unpaired) electrons. The Bertz CT molecular complexity index is 659. The van der Waals surface area contributed by atoms with Crippen LogP contribution in [0.2, 0.25) is 0 Å². The van der Waals surface area contributed by atoms with Crippen molar-refractivity contribution in [2.75, 3.05) is 18.4 Å². The summed E-state index contributed by atoms with van der Waals surface area (Å²) in [6, 6.07) is 7.39. The Morgan fingerprint density at radius 1 is 1.25 bits per heavy atom. The summed E-state index contributed by atoms with van der Waals surface area (Å²) in [4.78, 5) is 38.2.